The quantitative estimate of drug-likeness (QED) is 0.736. The van der Waals surface area contributed by atoms with Crippen molar-refractivity contribution in [1.29, 1.82) is 0 Å². The predicted molar refractivity (Wildman–Crippen MR) is 97.4 cm³/mol. The SMILES string of the molecule is CCC(C)(C)NC(=O)C(C)N1CCN(CC(=O)N2CCOCC2)CC1. The molecule has 7 nitrogen and oxygen atoms in total. The highest BCUT2D eigenvalue weighted by Crippen LogP contribution is 2.11. The van der Waals surface area contributed by atoms with Crippen molar-refractivity contribution >= 4 is 11.8 Å². The molecule has 0 spiro atoms. The van der Waals surface area contributed by atoms with Gasteiger partial charge in [-0.25, -0.2) is 0 Å². The minimum absolute atomic E-state index is 0.0877. The molecule has 0 aromatic rings. The third-order valence-electron chi connectivity index (χ3n) is 5.40. The summed E-state index contributed by atoms with van der Waals surface area (Å²) in [4.78, 5) is 31.1. The lowest BCUT2D eigenvalue weighted by Gasteiger charge is -2.39. The van der Waals surface area contributed by atoms with Gasteiger partial charge in [0, 0.05) is 44.8 Å². The summed E-state index contributed by atoms with van der Waals surface area (Å²) in [5.74, 6) is 0.275. The van der Waals surface area contributed by atoms with Crippen LogP contribution in [0.3, 0.4) is 0 Å². The fourth-order valence-corrected chi connectivity index (χ4v) is 3.10. The van der Waals surface area contributed by atoms with Crippen LogP contribution >= 0.6 is 0 Å². The zero-order valence-electron chi connectivity index (χ0n) is 16.2. The minimum Gasteiger partial charge on any atom is -0.378 e. The molecule has 2 heterocycles. The van der Waals surface area contributed by atoms with Gasteiger partial charge in [-0.15, -0.1) is 0 Å². The second-order valence-corrected chi connectivity index (χ2v) is 7.71. The standard InChI is InChI=1S/C18H34N4O3/c1-5-18(3,4)19-17(24)15(2)21-8-6-20(7-9-21)14-16(23)22-10-12-25-13-11-22/h15H,5-14H2,1-4H3,(H,19,24). The number of carbonyl (C=O) groups excluding carboxylic acids is 2. The molecular formula is C18H34N4O3. The van der Waals surface area contributed by atoms with E-state index in [1.807, 2.05) is 25.7 Å². The van der Waals surface area contributed by atoms with Crippen molar-refractivity contribution in [3.05, 3.63) is 0 Å². The Hall–Kier alpha value is -1.18. The zero-order valence-corrected chi connectivity index (χ0v) is 16.2. The highest BCUT2D eigenvalue weighted by Gasteiger charge is 2.29. The van der Waals surface area contributed by atoms with Crippen LogP contribution in [0.2, 0.25) is 0 Å². The van der Waals surface area contributed by atoms with Crippen molar-refractivity contribution in [3.8, 4) is 0 Å². The second kappa shape index (κ2) is 8.96. The molecule has 2 aliphatic rings. The highest BCUT2D eigenvalue weighted by molar-refractivity contribution is 5.82. The lowest BCUT2D eigenvalue weighted by molar-refractivity contribution is -0.137. The first-order valence-corrected chi connectivity index (χ1v) is 9.46. The van der Waals surface area contributed by atoms with E-state index in [0.717, 1.165) is 32.6 Å². The van der Waals surface area contributed by atoms with E-state index in [-0.39, 0.29) is 23.4 Å². The first kappa shape index (κ1) is 20.1. The third kappa shape index (κ3) is 5.94. The first-order chi connectivity index (χ1) is 11.8. The molecule has 0 bridgehead atoms. The number of rotatable bonds is 6. The van der Waals surface area contributed by atoms with Crippen LogP contribution in [0.15, 0.2) is 0 Å². The van der Waals surface area contributed by atoms with E-state index in [4.69, 9.17) is 4.74 Å². The van der Waals surface area contributed by atoms with Gasteiger partial charge in [-0.05, 0) is 27.2 Å². The van der Waals surface area contributed by atoms with E-state index >= 15 is 0 Å². The number of hydrogen-bond acceptors (Lipinski definition) is 5. The van der Waals surface area contributed by atoms with Crippen LogP contribution in [0.1, 0.15) is 34.1 Å². The Balaban J connectivity index is 1.75. The molecule has 1 atom stereocenters. The van der Waals surface area contributed by atoms with Crippen molar-refractivity contribution in [3.63, 3.8) is 0 Å². The topological polar surface area (TPSA) is 65.1 Å². The zero-order chi connectivity index (χ0) is 18.4. The van der Waals surface area contributed by atoms with Gasteiger partial charge in [0.1, 0.15) is 0 Å². The summed E-state index contributed by atoms with van der Waals surface area (Å²) in [5.41, 5.74) is -0.169. The third-order valence-corrected chi connectivity index (χ3v) is 5.40. The van der Waals surface area contributed by atoms with Gasteiger partial charge in [-0.2, -0.15) is 0 Å². The number of nitrogens with one attached hydrogen (secondary N) is 1. The van der Waals surface area contributed by atoms with Crippen LogP contribution in [-0.2, 0) is 14.3 Å². The van der Waals surface area contributed by atoms with E-state index in [9.17, 15) is 9.59 Å². The number of ether oxygens (including phenoxy) is 1. The molecule has 7 heteroatoms. The van der Waals surface area contributed by atoms with Crippen molar-refractivity contribution in [2.45, 2.75) is 45.7 Å². The van der Waals surface area contributed by atoms with Crippen molar-refractivity contribution < 1.29 is 14.3 Å². The lowest BCUT2D eigenvalue weighted by Crippen LogP contribution is -2.57. The van der Waals surface area contributed by atoms with Gasteiger partial charge in [-0.3, -0.25) is 19.4 Å². The number of hydrogen-bond donors (Lipinski definition) is 1. The molecule has 144 valence electrons. The summed E-state index contributed by atoms with van der Waals surface area (Å²) in [6.07, 6.45) is 0.906. The van der Waals surface area contributed by atoms with Gasteiger partial charge in [0.05, 0.1) is 25.8 Å². The Morgan fingerprint density at radius 1 is 1.08 bits per heavy atom. The Kier molecular flexibility index (Phi) is 7.22. The summed E-state index contributed by atoms with van der Waals surface area (Å²) in [6.45, 7) is 14.6. The summed E-state index contributed by atoms with van der Waals surface area (Å²) < 4.78 is 5.29. The van der Waals surface area contributed by atoms with Gasteiger partial charge >= 0.3 is 0 Å². The maximum atomic E-state index is 12.4. The van der Waals surface area contributed by atoms with Crippen LogP contribution in [0.5, 0.6) is 0 Å². The van der Waals surface area contributed by atoms with E-state index in [0.29, 0.717) is 32.8 Å². The predicted octanol–water partition coefficient (Wildman–Crippen LogP) is 0.156. The van der Waals surface area contributed by atoms with Crippen molar-refractivity contribution in [2.24, 2.45) is 0 Å². The summed E-state index contributed by atoms with van der Waals surface area (Å²) in [5, 5.41) is 3.12. The normalized spacial score (nSPS) is 21.8. The fourth-order valence-electron chi connectivity index (χ4n) is 3.10. The smallest absolute Gasteiger partial charge is 0.237 e. The second-order valence-electron chi connectivity index (χ2n) is 7.71. The Morgan fingerprint density at radius 2 is 1.68 bits per heavy atom. The molecule has 0 aromatic heterocycles. The first-order valence-electron chi connectivity index (χ1n) is 9.46. The maximum absolute atomic E-state index is 12.4. The van der Waals surface area contributed by atoms with Crippen LogP contribution in [-0.4, -0.2) is 97.1 Å². The van der Waals surface area contributed by atoms with Crippen molar-refractivity contribution in [2.75, 3.05) is 59.0 Å². The molecule has 2 rings (SSSR count). The van der Waals surface area contributed by atoms with Crippen molar-refractivity contribution in [1.82, 2.24) is 20.0 Å². The van der Waals surface area contributed by atoms with Gasteiger partial charge in [-0.1, -0.05) is 6.92 Å². The Morgan fingerprint density at radius 3 is 2.24 bits per heavy atom. The molecule has 2 fully saturated rings. The molecule has 1 N–H and O–H groups in total. The van der Waals surface area contributed by atoms with E-state index < -0.39 is 0 Å². The molecule has 25 heavy (non-hydrogen) atoms. The van der Waals surface area contributed by atoms with Crippen LogP contribution in [0.4, 0.5) is 0 Å². The molecule has 2 saturated heterocycles. The van der Waals surface area contributed by atoms with E-state index in [2.05, 4.69) is 22.0 Å². The number of carbonyl (C=O) groups is 2. The van der Waals surface area contributed by atoms with Crippen LogP contribution in [0, 0.1) is 0 Å². The Bertz CT molecular complexity index is 455. The van der Waals surface area contributed by atoms with E-state index in [1.54, 1.807) is 0 Å². The minimum atomic E-state index is -0.169. The van der Waals surface area contributed by atoms with Gasteiger partial charge in [0.2, 0.25) is 11.8 Å². The molecular weight excluding hydrogens is 320 g/mol. The monoisotopic (exact) mass is 354 g/mol. The fraction of sp³-hybridized carbons (Fsp3) is 0.889. The molecule has 1 unspecified atom stereocenters. The van der Waals surface area contributed by atoms with E-state index in [1.165, 1.54) is 0 Å². The molecule has 0 aromatic carbocycles. The molecule has 2 amide bonds. The number of amides is 2. The molecule has 0 aliphatic carbocycles. The van der Waals surface area contributed by atoms with Crippen LogP contribution < -0.4 is 5.32 Å². The number of piperazine rings is 1. The summed E-state index contributed by atoms with van der Waals surface area (Å²) in [7, 11) is 0. The average molecular weight is 354 g/mol. The molecule has 0 radical (unpaired) electrons. The summed E-state index contributed by atoms with van der Waals surface area (Å²) >= 11 is 0. The van der Waals surface area contributed by atoms with Gasteiger partial charge in [0.25, 0.3) is 0 Å². The molecule has 2 aliphatic heterocycles. The average Bonchev–Trinajstić information content (AvgIpc) is 2.62. The molecule has 0 saturated carbocycles. The van der Waals surface area contributed by atoms with Gasteiger partial charge in [0.15, 0.2) is 0 Å². The Labute approximate surface area is 151 Å². The highest BCUT2D eigenvalue weighted by atomic mass is 16.5. The van der Waals surface area contributed by atoms with Gasteiger partial charge < -0.3 is 15.0 Å². The van der Waals surface area contributed by atoms with Crippen LogP contribution in [0.25, 0.3) is 0 Å². The lowest BCUT2D eigenvalue weighted by atomic mass is 10.0. The summed E-state index contributed by atoms with van der Waals surface area (Å²) in [6, 6.07) is -0.136. The number of morpholine rings is 1. The largest absolute Gasteiger partial charge is 0.378 e. The maximum Gasteiger partial charge on any atom is 0.237 e. The number of nitrogens with zero attached hydrogens (tertiary/aromatic N) is 3.